The Bertz CT molecular complexity index is 1380. The van der Waals surface area contributed by atoms with Gasteiger partial charge in [0.15, 0.2) is 6.10 Å². The maximum atomic E-state index is 12.9. The summed E-state index contributed by atoms with van der Waals surface area (Å²) in [5.41, 5.74) is 0. The maximum absolute atomic E-state index is 12.9. The van der Waals surface area contributed by atoms with Gasteiger partial charge in [0.1, 0.15) is 43.2 Å². The van der Waals surface area contributed by atoms with Gasteiger partial charge in [0.25, 0.3) is 0 Å². The minimum Gasteiger partial charge on any atom is -0.462 e. The molecule has 0 radical (unpaired) electrons. The Hall–Kier alpha value is -1.67. The van der Waals surface area contributed by atoms with E-state index in [0.29, 0.717) is 12.8 Å². The molecule has 0 aromatic carbocycles. The van der Waals surface area contributed by atoms with Crippen LogP contribution in [0.1, 0.15) is 290 Å². The summed E-state index contributed by atoms with van der Waals surface area (Å²) in [5.74, 6) is -1.09. The standard InChI is InChI=1S/C60H113O13P/c1-3-5-7-9-11-13-15-17-19-21-23-25-26-27-29-30-32-34-36-38-40-42-44-46-48-53(61)70-50-52(51-71-74(68,69)73-60-58(66)56(64)55(63)57(65)59(60)67)72-54(62)49-47-45-43-41-39-37-35-33-31-28-24-22-20-18-16-14-12-10-8-6-4-2/h16,18,22,24,52,55-60,63-67H,3-15,17,19-21,23,25-51H2,1-2H3,(H,68,69)/b18-16-,24-22-. The van der Waals surface area contributed by atoms with Crippen molar-refractivity contribution in [3.8, 4) is 0 Å². The molecule has 1 aliphatic rings. The molecule has 13 nitrogen and oxygen atoms in total. The number of hydrogen-bond donors (Lipinski definition) is 6. The summed E-state index contributed by atoms with van der Waals surface area (Å²) in [6.45, 7) is 3.36. The molecule has 0 amide bonds. The van der Waals surface area contributed by atoms with Gasteiger partial charge < -0.3 is 39.9 Å². The smallest absolute Gasteiger partial charge is 0.462 e. The minimum absolute atomic E-state index is 0.0954. The lowest BCUT2D eigenvalue weighted by atomic mass is 9.85. The highest BCUT2D eigenvalue weighted by Gasteiger charge is 2.51. The minimum atomic E-state index is -5.13. The van der Waals surface area contributed by atoms with E-state index in [-0.39, 0.29) is 12.8 Å². The van der Waals surface area contributed by atoms with Crippen molar-refractivity contribution in [3.05, 3.63) is 24.3 Å². The van der Waals surface area contributed by atoms with E-state index in [1.54, 1.807) is 0 Å². The fourth-order valence-corrected chi connectivity index (χ4v) is 10.6. The molecule has 6 unspecified atom stereocenters. The number of phosphoric acid groups is 1. The van der Waals surface area contributed by atoms with E-state index in [1.165, 1.54) is 193 Å². The van der Waals surface area contributed by atoms with Crippen molar-refractivity contribution in [1.82, 2.24) is 0 Å². The lowest BCUT2D eigenvalue weighted by molar-refractivity contribution is -0.220. The SMILES string of the molecule is CCCCCCC/C=C\C/C=C\CCCCCCCCCCCC(=O)OC(COC(=O)CCCCCCCCCCCCCCCCCCCCCCCCCC)COP(=O)(O)OC1C(O)C(O)C(O)C(O)C1O. The normalized spacial score (nSPS) is 20.4. The monoisotopic (exact) mass is 1070 g/mol. The van der Waals surface area contributed by atoms with E-state index in [0.717, 1.165) is 57.8 Å². The van der Waals surface area contributed by atoms with Crippen molar-refractivity contribution in [3.63, 3.8) is 0 Å². The van der Waals surface area contributed by atoms with Crippen LogP contribution in [0.2, 0.25) is 0 Å². The van der Waals surface area contributed by atoms with Crippen LogP contribution in [-0.2, 0) is 32.7 Å². The number of carbonyl (C=O) groups excluding carboxylic acids is 2. The maximum Gasteiger partial charge on any atom is 0.472 e. The van der Waals surface area contributed by atoms with E-state index < -0.39 is 75.7 Å². The second-order valence-corrected chi connectivity index (χ2v) is 23.0. The number of esters is 2. The Morgan fingerprint density at radius 3 is 1.09 bits per heavy atom. The summed E-state index contributed by atoms with van der Waals surface area (Å²) < 4.78 is 33.8. The highest BCUT2D eigenvalue weighted by atomic mass is 31.2. The molecule has 0 aliphatic heterocycles. The molecular formula is C60H113O13P. The predicted octanol–water partition coefficient (Wildman–Crippen LogP) is 14.7. The zero-order valence-corrected chi connectivity index (χ0v) is 48.1. The molecule has 1 rings (SSSR count). The quantitative estimate of drug-likeness (QED) is 0.0145. The van der Waals surface area contributed by atoms with E-state index >= 15 is 0 Å². The van der Waals surface area contributed by atoms with Crippen LogP contribution in [-0.4, -0.2) is 98.3 Å². The van der Waals surface area contributed by atoms with Crippen molar-refractivity contribution in [2.75, 3.05) is 13.2 Å². The topological polar surface area (TPSA) is 210 Å². The summed E-state index contributed by atoms with van der Waals surface area (Å²) in [5, 5.41) is 50.4. The van der Waals surface area contributed by atoms with Gasteiger partial charge in [-0.2, -0.15) is 0 Å². The van der Waals surface area contributed by atoms with Gasteiger partial charge in [-0.3, -0.25) is 18.6 Å². The summed E-state index contributed by atoms with van der Waals surface area (Å²) in [4.78, 5) is 36.0. The van der Waals surface area contributed by atoms with Crippen LogP contribution >= 0.6 is 7.82 Å². The number of allylic oxidation sites excluding steroid dienone is 4. The van der Waals surface area contributed by atoms with E-state index in [9.17, 15) is 44.6 Å². The number of hydrogen-bond acceptors (Lipinski definition) is 12. The van der Waals surface area contributed by atoms with Crippen LogP contribution in [0.3, 0.4) is 0 Å². The molecule has 74 heavy (non-hydrogen) atoms. The first-order chi connectivity index (χ1) is 35.9. The largest absolute Gasteiger partial charge is 0.472 e. The van der Waals surface area contributed by atoms with Gasteiger partial charge >= 0.3 is 19.8 Å². The van der Waals surface area contributed by atoms with Crippen LogP contribution < -0.4 is 0 Å². The van der Waals surface area contributed by atoms with Crippen molar-refractivity contribution < 1.29 is 63.1 Å². The summed E-state index contributed by atoms with van der Waals surface area (Å²) >= 11 is 0. The van der Waals surface area contributed by atoms with Crippen LogP contribution in [0.4, 0.5) is 0 Å². The number of aliphatic hydroxyl groups is 5. The fraction of sp³-hybridized carbons (Fsp3) is 0.900. The zero-order chi connectivity index (χ0) is 54.2. The van der Waals surface area contributed by atoms with Crippen LogP contribution in [0.5, 0.6) is 0 Å². The van der Waals surface area contributed by atoms with Gasteiger partial charge in [-0.25, -0.2) is 4.57 Å². The highest BCUT2D eigenvalue weighted by Crippen LogP contribution is 2.47. The van der Waals surface area contributed by atoms with E-state index in [4.69, 9.17) is 18.5 Å². The third kappa shape index (κ3) is 40.5. The van der Waals surface area contributed by atoms with E-state index in [2.05, 4.69) is 38.2 Å². The van der Waals surface area contributed by atoms with Crippen molar-refractivity contribution in [2.45, 2.75) is 333 Å². The number of phosphoric ester groups is 1. The molecule has 6 N–H and O–H groups in total. The average Bonchev–Trinajstić information content (AvgIpc) is 3.38. The Morgan fingerprint density at radius 1 is 0.419 bits per heavy atom. The molecule has 0 spiro atoms. The van der Waals surface area contributed by atoms with Gasteiger partial charge in [-0.15, -0.1) is 0 Å². The zero-order valence-electron chi connectivity index (χ0n) is 47.2. The number of carbonyl (C=O) groups is 2. The van der Waals surface area contributed by atoms with Crippen LogP contribution in [0, 0.1) is 0 Å². The third-order valence-electron chi connectivity index (χ3n) is 14.5. The van der Waals surface area contributed by atoms with Gasteiger partial charge in [-0.05, 0) is 44.9 Å². The molecular weight excluding hydrogens is 960 g/mol. The summed E-state index contributed by atoms with van der Waals surface area (Å²) in [6, 6.07) is 0. The lowest BCUT2D eigenvalue weighted by Gasteiger charge is -2.41. The second kappa shape index (κ2) is 49.6. The average molecular weight is 1070 g/mol. The number of ether oxygens (including phenoxy) is 2. The molecule has 6 atom stereocenters. The second-order valence-electron chi connectivity index (χ2n) is 21.6. The van der Waals surface area contributed by atoms with Gasteiger partial charge in [0.2, 0.25) is 0 Å². The van der Waals surface area contributed by atoms with Gasteiger partial charge in [-0.1, -0.05) is 256 Å². The molecule has 1 aliphatic carbocycles. The number of unbranched alkanes of at least 4 members (excludes halogenated alkanes) is 37. The van der Waals surface area contributed by atoms with Gasteiger partial charge in [0, 0.05) is 12.8 Å². The molecule has 0 aromatic rings. The Morgan fingerprint density at radius 2 is 0.730 bits per heavy atom. The number of aliphatic hydroxyl groups excluding tert-OH is 5. The predicted molar refractivity (Wildman–Crippen MR) is 300 cm³/mol. The molecule has 14 heteroatoms. The third-order valence-corrected chi connectivity index (χ3v) is 15.5. The van der Waals surface area contributed by atoms with Gasteiger partial charge in [0.05, 0.1) is 6.61 Å². The van der Waals surface area contributed by atoms with Crippen LogP contribution in [0.15, 0.2) is 24.3 Å². The highest BCUT2D eigenvalue weighted by molar-refractivity contribution is 7.47. The molecule has 436 valence electrons. The molecule has 0 bridgehead atoms. The molecule has 0 heterocycles. The molecule has 1 fully saturated rings. The molecule has 1 saturated carbocycles. The number of rotatable bonds is 53. The Labute approximate surface area is 451 Å². The summed E-state index contributed by atoms with van der Waals surface area (Å²) in [6.07, 6.45) is 46.5. The van der Waals surface area contributed by atoms with Crippen LogP contribution in [0.25, 0.3) is 0 Å². The Balaban J connectivity index is 2.29. The van der Waals surface area contributed by atoms with Crippen molar-refractivity contribution >= 4 is 19.8 Å². The first-order valence-corrected chi connectivity index (χ1v) is 32.1. The molecule has 0 aromatic heterocycles. The van der Waals surface area contributed by atoms with Crippen molar-refractivity contribution in [2.24, 2.45) is 0 Å². The first kappa shape index (κ1) is 70.3. The lowest BCUT2D eigenvalue weighted by Crippen LogP contribution is -2.64. The van der Waals surface area contributed by atoms with E-state index in [1.807, 2.05) is 0 Å². The fourth-order valence-electron chi connectivity index (χ4n) is 9.68. The first-order valence-electron chi connectivity index (χ1n) is 30.6. The van der Waals surface area contributed by atoms with Crippen molar-refractivity contribution in [1.29, 1.82) is 0 Å². The Kier molecular flexibility index (Phi) is 47.2. The summed E-state index contributed by atoms with van der Waals surface area (Å²) in [7, 11) is -5.13. The molecule has 0 saturated heterocycles.